The fourth-order valence-electron chi connectivity index (χ4n) is 2.12. The third-order valence-electron chi connectivity index (χ3n) is 3.11. The van der Waals surface area contributed by atoms with Gasteiger partial charge in [0, 0.05) is 11.6 Å². The van der Waals surface area contributed by atoms with Crippen LogP contribution in [0.2, 0.25) is 0 Å². The van der Waals surface area contributed by atoms with Crippen molar-refractivity contribution in [3.8, 4) is 0 Å². The Bertz CT molecular complexity index is 839. The number of H-pyrrole nitrogens is 2. The Morgan fingerprint density at radius 2 is 1.75 bits per heavy atom. The summed E-state index contributed by atoms with van der Waals surface area (Å²) in [6.45, 7) is 0. The normalized spacial score (nSPS) is 12.8. The highest BCUT2D eigenvalue weighted by Gasteiger charge is 2.16. The van der Waals surface area contributed by atoms with Crippen LogP contribution in [0.4, 0.5) is 8.78 Å². The van der Waals surface area contributed by atoms with Crippen molar-refractivity contribution in [2.75, 3.05) is 0 Å². The summed E-state index contributed by atoms with van der Waals surface area (Å²) < 4.78 is 26.5. The molecule has 3 N–H and O–H groups in total. The number of imidazole rings is 1. The molecule has 0 saturated heterocycles. The molecule has 6 heteroatoms. The Labute approximate surface area is 111 Å². The van der Waals surface area contributed by atoms with E-state index in [4.69, 9.17) is 0 Å². The van der Waals surface area contributed by atoms with Crippen LogP contribution in [0, 0.1) is 11.6 Å². The number of aliphatic hydroxyl groups excluding tert-OH is 1. The zero-order valence-corrected chi connectivity index (χ0v) is 10.2. The van der Waals surface area contributed by atoms with Crippen molar-refractivity contribution in [3.05, 3.63) is 69.6 Å². The van der Waals surface area contributed by atoms with Crippen LogP contribution < -0.4 is 5.69 Å². The molecule has 0 amide bonds. The summed E-state index contributed by atoms with van der Waals surface area (Å²) in [5.74, 6) is -1.52. The Morgan fingerprint density at radius 3 is 2.50 bits per heavy atom. The summed E-state index contributed by atoms with van der Waals surface area (Å²) in [6.07, 6.45) is -1.24. The number of hydrogen-bond acceptors (Lipinski definition) is 2. The van der Waals surface area contributed by atoms with Gasteiger partial charge in [-0.2, -0.15) is 0 Å². The largest absolute Gasteiger partial charge is 0.384 e. The van der Waals surface area contributed by atoms with Gasteiger partial charge < -0.3 is 15.1 Å². The van der Waals surface area contributed by atoms with Gasteiger partial charge in [0.25, 0.3) is 0 Å². The Hall–Kier alpha value is -2.47. The van der Waals surface area contributed by atoms with Gasteiger partial charge in [-0.25, -0.2) is 13.6 Å². The fourth-order valence-corrected chi connectivity index (χ4v) is 2.12. The summed E-state index contributed by atoms with van der Waals surface area (Å²) >= 11 is 0. The van der Waals surface area contributed by atoms with Gasteiger partial charge in [0.1, 0.15) is 17.7 Å². The molecule has 0 aliphatic heterocycles. The number of hydrogen-bond donors (Lipinski definition) is 3. The van der Waals surface area contributed by atoms with E-state index in [9.17, 15) is 18.7 Å². The van der Waals surface area contributed by atoms with Gasteiger partial charge in [-0.3, -0.25) is 0 Å². The van der Waals surface area contributed by atoms with E-state index in [0.717, 1.165) is 12.1 Å². The van der Waals surface area contributed by atoms with Crippen molar-refractivity contribution in [3.63, 3.8) is 0 Å². The van der Waals surface area contributed by atoms with E-state index in [-0.39, 0.29) is 11.3 Å². The number of halogens is 2. The minimum absolute atomic E-state index is 0.0244. The smallest absolute Gasteiger partial charge is 0.323 e. The van der Waals surface area contributed by atoms with Crippen molar-refractivity contribution in [2.45, 2.75) is 6.10 Å². The summed E-state index contributed by atoms with van der Waals surface area (Å²) in [5, 5.41) is 10.2. The minimum atomic E-state index is -1.24. The van der Waals surface area contributed by atoms with E-state index in [1.807, 2.05) is 0 Å². The molecule has 0 spiro atoms. The van der Waals surface area contributed by atoms with Gasteiger partial charge in [-0.15, -0.1) is 0 Å². The first-order valence-corrected chi connectivity index (χ1v) is 5.89. The molecule has 2 aromatic carbocycles. The molecule has 0 saturated carbocycles. The van der Waals surface area contributed by atoms with Crippen LogP contribution in [0.5, 0.6) is 0 Å². The average Bonchev–Trinajstić information content (AvgIpc) is 2.77. The van der Waals surface area contributed by atoms with Crippen molar-refractivity contribution in [1.29, 1.82) is 0 Å². The lowest BCUT2D eigenvalue weighted by molar-refractivity contribution is 0.215. The highest BCUT2D eigenvalue weighted by atomic mass is 19.1. The predicted molar refractivity (Wildman–Crippen MR) is 69.3 cm³/mol. The Morgan fingerprint density at radius 1 is 1.00 bits per heavy atom. The van der Waals surface area contributed by atoms with Gasteiger partial charge in [-0.05, 0) is 23.8 Å². The van der Waals surface area contributed by atoms with Crippen molar-refractivity contribution >= 4 is 11.0 Å². The number of fused-ring (bicyclic) bond motifs is 1. The van der Waals surface area contributed by atoms with Crippen molar-refractivity contribution in [1.82, 2.24) is 9.97 Å². The maximum atomic E-state index is 13.6. The molecule has 0 fully saturated rings. The van der Waals surface area contributed by atoms with E-state index in [1.165, 1.54) is 6.07 Å². The van der Waals surface area contributed by atoms with E-state index >= 15 is 0 Å². The number of rotatable bonds is 2. The maximum absolute atomic E-state index is 13.6. The first-order valence-electron chi connectivity index (χ1n) is 5.89. The lowest BCUT2D eigenvalue weighted by atomic mass is 10.0. The number of nitrogens with one attached hydrogen (secondary N) is 2. The summed E-state index contributed by atoms with van der Waals surface area (Å²) in [7, 11) is 0. The standard InChI is InChI=1S/C14H10F2N2O2/c15-8-2-3-9(10(16)6-8)13(19)7-1-4-11-12(5-7)18-14(20)17-11/h1-6,13,19H,(H2,17,18,20). The molecule has 4 nitrogen and oxygen atoms in total. The molecule has 0 aliphatic carbocycles. The molecule has 0 aliphatic rings. The van der Waals surface area contributed by atoms with E-state index in [0.29, 0.717) is 16.6 Å². The van der Waals surface area contributed by atoms with Gasteiger partial charge in [-0.1, -0.05) is 12.1 Å². The van der Waals surface area contributed by atoms with Crippen LogP contribution in [0.3, 0.4) is 0 Å². The van der Waals surface area contributed by atoms with Crippen LogP contribution >= 0.6 is 0 Å². The average molecular weight is 276 g/mol. The topological polar surface area (TPSA) is 68.9 Å². The molecule has 3 aromatic rings. The second kappa shape index (κ2) is 4.57. The summed E-state index contributed by atoms with van der Waals surface area (Å²) in [4.78, 5) is 16.3. The SMILES string of the molecule is O=c1[nH]c2ccc(C(O)c3ccc(F)cc3F)cc2[nH]1. The minimum Gasteiger partial charge on any atom is -0.384 e. The molecule has 0 radical (unpaired) electrons. The molecule has 1 aromatic heterocycles. The highest BCUT2D eigenvalue weighted by molar-refractivity contribution is 5.75. The number of benzene rings is 2. The van der Waals surface area contributed by atoms with Gasteiger partial charge >= 0.3 is 5.69 Å². The lowest BCUT2D eigenvalue weighted by Crippen LogP contribution is -2.03. The third kappa shape index (κ3) is 2.10. The van der Waals surface area contributed by atoms with Gasteiger partial charge in [0.2, 0.25) is 0 Å². The van der Waals surface area contributed by atoms with Crippen molar-refractivity contribution < 1.29 is 13.9 Å². The Balaban J connectivity index is 2.06. The molecular weight excluding hydrogens is 266 g/mol. The van der Waals surface area contributed by atoms with Gasteiger partial charge in [0.05, 0.1) is 11.0 Å². The predicted octanol–water partition coefficient (Wildman–Crippen LogP) is 2.22. The van der Waals surface area contributed by atoms with Gasteiger partial charge in [0.15, 0.2) is 0 Å². The first kappa shape index (κ1) is 12.6. The number of aliphatic hydroxyl groups is 1. The van der Waals surface area contributed by atoms with Crippen LogP contribution in [-0.2, 0) is 0 Å². The van der Waals surface area contributed by atoms with Crippen LogP contribution in [0.15, 0.2) is 41.2 Å². The second-order valence-corrected chi connectivity index (χ2v) is 4.45. The molecule has 1 unspecified atom stereocenters. The van der Waals surface area contributed by atoms with Crippen LogP contribution in [0.1, 0.15) is 17.2 Å². The monoisotopic (exact) mass is 276 g/mol. The molecular formula is C14H10F2N2O2. The number of aromatic amines is 2. The molecule has 1 atom stereocenters. The maximum Gasteiger partial charge on any atom is 0.323 e. The van der Waals surface area contributed by atoms with Crippen LogP contribution in [-0.4, -0.2) is 15.1 Å². The third-order valence-corrected chi connectivity index (χ3v) is 3.11. The van der Waals surface area contributed by atoms with E-state index in [2.05, 4.69) is 9.97 Å². The Kier molecular flexibility index (Phi) is 2.87. The highest BCUT2D eigenvalue weighted by Crippen LogP contribution is 2.26. The van der Waals surface area contributed by atoms with Crippen molar-refractivity contribution in [2.24, 2.45) is 0 Å². The van der Waals surface area contributed by atoms with E-state index < -0.39 is 17.7 Å². The zero-order chi connectivity index (χ0) is 14.3. The fraction of sp³-hybridized carbons (Fsp3) is 0.0714. The summed E-state index contributed by atoms with van der Waals surface area (Å²) in [6, 6.07) is 7.71. The molecule has 20 heavy (non-hydrogen) atoms. The molecule has 0 bridgehead atoms. The van der Waals surface area contributed by atoms with E-state index in [1.54, 1.807) is 18.2 Å². The molecule has 102 valence electrons. The lowest BCUT2D eigenvalue weighted by Gasteiger charge is -2.12. The quantitative estimate of drug-likeness (QED) is 0.671. The summed E-state index contributed by atoms with van der Waals surface area (Å²) in [5.41, 5.74) is 1.11. The molecule has 3 rings (SSSR count). The van der Waals surface area contributed by atoms with Crippen LogP contribution in [0.25, 0.3) is 11.0 Å². The molecule has 1 heterocycles. The zero-order valence-electron chi connectivity index (χ0n) is 10.2. The second-order valence-electron chi connectivity index (χ2n) is 4.45. The first-order chi connectivity index (χ1) is 9.54. The number of aromatic nitrogens is 2.